The molecule has 0 saturated carbocycles. The Labute approximate surface area is 241 Å². The maximum absolute atomic E-state index is 12.6. The summed E-state index contributed by atoms with van der Waals surface area (Å²) >= 11 is 3.39. The Bertz CT molecular complexity index is 1270. The average Bonchev–Trinajstić information content (AvgIpc) is 2.79. The van der Waals surface area contributed by atoms with Gasteiger partial charge >= 0.3 is 0 Å². The summed E-state index contributed by atoms with van der Waals surface area (Å²) in [5.41, 5.74) is -1.68. The van der Waals surface area contributed by atoms with Gasteiger partial charge in [-0.1, -0.05) is 53.7 Å². The van der Waals surface area contributed by atoms with E-state index in [2.05, 4.69) is 22.9 Å². The SMILES string of the molecule is CC(=O)N1CC[C@@H]2C(C)(C)C(=O)C(Br)=C[C@@]2(C)C1.CC(=O)N1CC[C@@H]2C(C)(C)C(=O)C(S(C)(=O)=O)=C[C@@]2(C)C1. The summed E-state index contributed by atoms with van der Waals surface area (Å²) in [4.78, 5) is 51.6. The van der Waals surface area contributed by atoms with Crippen LogP contribution >= 0.6 is 15.9 Å². The number of rotatable bonds is 1. The van der Waals surface area contributed by atoms with Crippen LogP contribution in [0, 0.1) is 33.5 Å². The van der Waals surface area contributed by atoms with Gasteiger partial charge in [0.05, 0.1) is 4.48 Å². The first kappa shape index (κ1) is 31.7. The predicted octanol–water partition coefficient (Wildman–Crippen LogP) is 4.15. The smallest absolute Gasteiger partial charge is 0.219 e. The summed E-state index contributed by atoms with van der Waals surface area (Å²) in [6.07, 6.45) is 6.28. The third-order valence-corrected chi connectivity index (χ3v) is 11.3. The number of amides is 2. The number of hydrogen-bond acceptors (Lipinski definition) is 6. The van der Waals surface area contributed by atoms with E-state index < -0.39 is 20.7 Å². The van der Waals surface area contributed by atoms with Gasteiger partial charge in [0.25, 0.3) is 0 Å². The van der Waals surface area contributed by atoms with Crippen LogP contribution in [0.2, 0.25) is 0 Å². The normalized spacial score (nSPS) is 33.6. The van der Waals surface area contributed by atoms with Crippen LogP contribution in [0.4, 0.5) is 0 Å². The molecule has 0 aromatic carbocycles. The summed E-state index contributed by atoms with van der Waals surface area (Å²) in [7, 11) is -3.56. The highest BCUT2D eigenvalue weighted by molar-refractivity contribution is 9.12. The number of allylic oxidation sites excluding steroid dienone is 2. The molecule has 0 bridgehead atoms. The van der Waals surface area contributed by atoms with Gasteiger partial charge < -0.3 is 9.80 Å². The van der Waals surface area contributed by atoms with Crippen LogP contribution in [0.5, 0.6) is 0 Å². The molecule has 2 aliphatic heterocycles. The molecule has 10 heteroatoms. The van der Waals surface area contributed by atoms with Crippen molar-refractivity contribution in [2.75, 3.05) is 32.4 Å². The molecule has 0 aromatic heterocycles. The number of piperidine rings is 2. The van der Waals surface area contributed by atoms with Crippen LogP contribution in [0.15, 0.2) is 21.5 Å². The highest BCUT2D eigenvalue weighted by atomic mass is 79.9. The summed E-state index contributed by atoms with van der Waals surface area (Å²) in [5, 5.41) is 0. The molecule has 218 valence electrons. The van der Waals surface area contributed by atoms with Gasteiger partial charge in [-0.15, -0.1) is 0 Å². The van der Waals surface area contributed by atoms with E-state index in [1.54, 1.807) is 17.9 Å². The van der Waals surface area contributed by atoms with Crippen LogP contribution in [0.25, 0.3) is 0 Å². The van der Waals surface area contributed by atoms with Gasteiger partial charge in [-0.25, -0.2) is 8.42 Å². The Kier molecular flexibility index (Phi) is 8.32. The molecule has 4 aliphatic rings. The summed E-state index contributed by atoms with van der Waals surface area (Å²) in [6, 6.07) is 0. The van der Waals surface area contributed by atoms with E-state index in [1.807, 2.05) is 45.6 Å². The van der Waals surface area contributed by atoms with E-state index in [0.717, 1.165) is 19.2 Å². The summed E-state index contributed by atoms with van der Waals surface area (Å²) in [5.74, 6) is 0.325. The lowest BCUT2D eigenvalue weighted by molar-refractivity contribution is -0.140. The van der Waals surface area contributed by atoms with Gasteiger partial charge in [0, 0.05) is 67.9 Å². The van der Waals surface area contributed by atoms with Crippen molar-refractivity contribution in [2.24, 2.45) is 33.5 Å². The van der Waals surface area contributed by atoms with Crippen molar-refractivity contribution in [3.63, 3.8) is 0 Å². The van der Waals surface area contributed by atoms with E-state index in [-0.39, 0.29) is 45.0 Å². The number of halogens is 1. The zero-order chi connectivity index (χ0) is 29.9. The second-order valence-corrected chi connectivity index (χ2v) is 16.3. The number of ketones is 2. The first-order valence-electron chi connectivity index (χ1n) is 13.5. The molecule has 2 saturated heterocycles. The van der Waals surface area contributed by atoms with Crippen molar-refractivity contribution in [3.05, 3.63) is 21.5 Å². The molecule has 2 fully saturated rings. The van der Waals surface area contributed by atoms with Crippen LogP contribution in [-0.4, -0.2) is 74.0 Å². The minimum absolute atomic E-state index is 0.0151. The fourth-order valence-electron chi connectivity index (χ4n) is 7.57. The quantitative estimate of drug-likeness (QED) is 0.433. The monoisotopic (exact) mass is 626 g/mol. The van der Waals surface area contributed by atoms with Crippen molar-refractivity contribution in [1.82, 2.24) is 9.80 Å². The van der Waals surface area contributed by atoms with Gasteiger partial charge in [0.15, 0.2) is 21.4 Å². The molecule has 39 heavy (non-hydrogen) atoms. The van der Waals surface area contributed by atoms with Crippen LogP contribution in [0.3, 0.4) is 0 Å². The van der Waals surface area contributed by atoms with Crippen molar-refractivity contribution >= 4 is 49.1 Å². The first-order valence-corrected chi connectivity index (χ1v) is 16.2. The average molecular weight is 628 g/mol. The van der Waals surface area contributed by atoms with Crippen LogP contribution in [0.1, 0.15) is 68.2 Å². The largest absolute Gasteiger partial charge is 0.342 e. The van der Waals surface area contributed by atoms with E-state index in [9.17, 15) is 27.6 Å². The maximum Gasteiger partial charge on any atom is 0.219 e. The minimum atomic E-state index is -3.56. The Balaban J connectivity index is 0.000000218. The number of Topliss-reactive ketones (excluding diaryl/α,β-unsaturated/α-hetero) is 2. The van der Waals surface area contributed by atoms with Gasteiger partial charge in [-0.2, -0.15) is 0 Å². The Morgan fingerprint density at radius 3 is 1.56 bits per heavy atom. The lowest BCUT2D eigenvalue weighted by atomic mass is 9.56. The number of carbonyl (C=O) groups excluding carboxylic acids is 4. The minimum Gasteiger partial charge on any atom is -0.342 e. The molecular formula is C29H43BrN2O6S. The summed E-state index contributed by atoms with van der Waals surface area (Å²) in [6.45, 7) is 17.5. The molecular weight excluding hydrogens is 584 g/mol. The first-order chi connectivity index (χ1) is 17.6. The van der Waals surface area contributed by atoms with Gasteiger partial charge in [0.2, 0.25) is 11.8 Å². The van der Waals surface area contributed by atoms with E-state index >= 15 is 0 Å². The van der Waals surface area contributed by atoms with Crippen LogP contribution in [-0.2, 0) is 29.0 Å². The highest BCUT2D eigenvalue weighted by Crippen LogP contribution is 2.54. The van der Waals surface area contributed by atoms with E-state index in [4.69, 9.17) is 0 Å². The molecule has 2 amide bonds. The molecule has 0 spiro atoms. The zero-order valence-corrected chi connectivity index (χ0v) is 27.1. The Morgan fingerprint density at radius 2 is 1.18 bits per heavy atom. The van der Waals surface area contributed by atoms with E-state index in [1.165, 1.54) is 6.92 Å². The second-order valence-electron chi connectivity index (χ2n) is 13.4. The fourth-order valence-corrected chi connectivity index (χ4v) is 9.69. The third-order valence-electron chi connectivity index (χ3n) is 9.59. The van der Waals surface area contributed by atoms with Gasteiger partial charge in [0.1, 0.15) is 4.91 Å². The summed E-state index contributed by atoms with van der Waals surface area (Å²) < 4.78 is 24.6. The maximum atomic E-state index is 12.6. The number of likely N-dealkylation sites (tertiary alicyclic amines) is 2. The van der Waals surface area contributed by atoms with Crippen molar-refractivity contribution in [1.29, 1.82) is 0 Å². The molecule has 4 atom stereocenters. The number of nitrogens with zero attached hydrogens (tertiary/aromatic N) is 2. The molecule has 8 nitrogen and oxygen atoms in total. The standard InChI is InChI=1S/C15H23NO4S.C14H20BrNO2/c1-10(17)16-7-6-12-14(2,3)13(18)11(21(5,19)20)8-15(12,4)9-16;1-9(17)16-6-5-11-13(2,3)12(18)10(15)7-14(11,4)8-16/h8,12H,6-7,9H2,1-5H3;7,11H,5-6,8H2,1-4H3/t12-,15+;11-,14+/m11/s1. The third kappa shape index (κ3) is 5.69. The van der Waals surface area contributed by atoms with Gasteiger partial charge in [-0.3, -0.25) is 19.2 Å². The lowest BCUT2D eigenvalue weighted by Gasteiger charge is -2.53. The second kappa shape index (κ2) is 10.2. The van der Waals surface area contributed by atoms with Crippen LogP contribution < -0.4 is 0 Å². The number of fused-ring (bicyclic) bond motifs is 2. The molecule has 0 radical (unpaired) electrons. The zero-order valence-electron chi connectivity index (χ0n) is 24.7. The number of carbonyl (C=O) groups is 4. The molecule has 2 aliphatic carbocycles. The lowest BCUT2D eigenvalue weighted by Crippen LogP contribution is -2.57. The molecule has 4 rings (SSSR count). The molecule has 0 unspecified atom stereocenters. The number of hydrogen-bond donors (Lipinski definition) is 0. The topological polar surface area (TPSA) is 109 Å². The van der Waals surface area contributed by atoms with Crippen molar-refractivity contribution in [3.8, 4) is 0 Å². The fraction of sp³-hybridized carbons (Fsp3) is 0.724. The van der Waals surface area contributed by atoms with Crippen molar-refractivity contribution in [2.45, 2.75) is 68.2 Å². The highest BCUT2D eigenvalue weighted by Gasteiger charge is 2.55. The van der Waals surface area contributed by atoms with E-state index in [0.29, 0.717) is 36.5 Å². The molecule has 2 heterocycles. The molecule has 0 N–H and O–H groups in total. The Hall–Kier alpha value is -1.81. The predicted molar refractivity (Wildman–Crippen MR) is 154 cm³/mol. The number of sulfone groups is 1. The van der Waals surface area contributed by atoms with Gasteiger partial charge in [-0.05, 0) is 40.6 Å². The molecule has 0 aromatic rings. The van der Waals surface area contributed by atoms with Crippen molar-refractivity contribution < 1.29 is 27.6 Å². The Morgan fingerprint density at radius 1 is 0.795 bits per heavy atom.